The number of ether oxygens (including phenoxy) is 2. The number of hydrogen-bond donors (Lipinski definition) is 9. The first-order valence-electron chi connectivity index (χ1n) is 35.9. The summed E-state index contributed by atoms with van der Waals surface area (Å²) in [6.07, 6.45) is 23.6. The smallest absolute Gasteiger partial charge is 0.340 e. The van der Waals surface area contributed by atoms with Gasteiger partial charge >= 0.3 is 11.9 Å². The third-order valence-electron chi connectivity index (χ3n) is 25.0. The molecule has 6 heterocycles. The Kier molecular flexibility index (Phi) is 17.3. The predicted molar refractivity (Wildman–Crippen MR) is 366 cm³/mol. The molecule has 7 aliphatic carbocycles. The number of hydrogen-bond acceptors (Lipinski definition) is 13. The summed E-state index contributed by atoms with van der Waals surface area (Å²) in [7, 11) is 2.05. The number of piperidine rings is 1. The third-order valence-corrected chi connectivity index (χ3v) is 25.0. The van der Waals surface area contributed by atoms with Crippen LogP contribution in [-0.4, -0.2) is 89.6 Å². The van der Waals surface area contributed by atoms with Crippen molar-refractivity contribution in [1.29, 1.82) is 0 Å². The van der Waals surface area contributed by atoms with Gasteiger partial charge in [-0.2, -0.15) is 0 Å². The van der Waals surface area contributed by atoms with Gasteiger partial charge in [0.05, 0.1) is 34.4 Å². The molecule has 0 radical (unpaired) electrons. The van der Waals surface area contributed by atoms with Crippen LogP contribution >= 0.6 is 0 Å². The van der Waals surface area contributed by atoms with Crippen LogP contribution in [0.15, 0.2) is 144 Å². The summed E-state index contributed by atoms with van der Waals surface area (Å²) in [5.41, 5.74) is 7.47. The Morgan fingerprint density at radius 3 is 2.52 bits per heavy atom. The second kappa shape index (κ2) is 25.5. The van der Waals surface area contributed by atoms with E-state index in [1.54, 1.807) is 6.07 Å². The van der Waals surface area contributed by atoms with Crippen molar-refractivity contribution in [2.75, 3.05) is 39.8 Å². The molecular formula is C81H97N5O8. The molecule has 0 aromatic heterocycles. The van der Waals surface area contributed by atoms with Crippen molar-refractivity contribution < 1.29 is 39.5 Å². The van der Waals surface area contributed by atoms with E-state index in [1.165, 1.54) is 16.7 Å². The Morgan fingerprint density at radius 2 is 1.69 bits per heavy atom. The molecule has 13 aliphatic rings. The van der Waals surface area contributed by atoms with Crippen LogP contribution in [0.3, 0.4) is 0 Å². The number of β-amino-alcohol motifs (C(OH)–C–C–N with tert-alkyl or cyclic N) is 1. The van der Waals surface area contributed by atoms with Crippen molar-refractivity contribution in [3.8, 4) is 28.7 Å². The minimum Gasteiger partial charge on any atom is -0.508 e. The van der Waals surface area contributed by atoms with Gasteiger partial charge in [-0.05, 0) is 245 Å². The molecule has 13 heteroatoms. The molecule has 13 nitrogen and oxygen atoms in total. The minimum absolute atomic E-state index is 0.0570. The van der Waals surface area contributed by atoms with Gasteiger partial charge in [0.2, 0.25) is 0 Å². The van der Waals surface area contributed by atoms with Gasteiger partial charge in [0, 0.05) is 67.1 Å². The third kappa shape index (κ3) is 11.3. The highest BCUT2D eigenvalue weighted by atomic mass is 16.6. The topological polar surface area (TPSA) is 194 Å². The maximum atomic E-state index is 16.0. The van der Waals surface area contributed by atoms with E-state index in [9.17, 15) is 20.4 Å². The highest BCUT2D eigenvalue weighted by Crippen LogP contribution is 2.77. The van der Waals surface area contributed by atoms with E-state index < -0.39 is 33.9 Å². The summed E-state index contributed by atoms with van der Waals surface area (Å²) in [6, 6.07) is 31.5. The van der Waals surface area contributed by atoms with E-state index in [0.717, 1.165) is 129 Å². The molecule has 0 unspecified atom stereocenters. The average Bonchev–Trinajstić information content (AvgIpc) is 1.33. The van der Waals surface area contributed by atoms with Crippen LogP contribution < -0.4 is 26.6 Å². The van der Waals surface area contributed by atoms with Gasteiger partial charge in [0.25, 0.3) is 0 Å². The number of rotatable bonds is 12. The molecular weight excluding hydrogens is 1170 g/mol. The summed E-state index contributed by atoms with van der Waals surface area (Å²) in [4.78, 5) is 31.8. The molecule has 0 amide bonds. The lowest BCUT2D eigenvalue weighted by Crippen LogP contribution is -2.58. The molecule has 494 valence electrons. The number of aliphatic hydroxyl groups is 3. The first kappa shape index (κ1) is 63.6. The van der Waals surface area contributed by atoms with Crippen molar-refractivity contribution in [2.24, 2.45) is 57.7 Å². The fourth-order valence-electron chi connectivity index (χ4n) is 20.7. The summed E-state index contributed by atoms with van der Waals surface area (Å²) in [5.74, 6) is 6.96. The zero-order valence-electron chi connectivity index (χ0n) is 55.3. The number of nitrogens with one attached hydrogen (secondary N) is 5. The van der Waals surface area contributed by atoms with E-state index in [1.807, 2.05) is 37.3 Å². The summed E-state index contributed by atoms with van der Waals surface area (Å²) in [5, 5.41) is 67.2. The maximum Gasteiger partial charge on any atom is 0.340 e. The Bertz CT molecular complexity index is 3830. The second-order valence-corrected chi connectivity index (χ2v) is 30.7. The zero-order chi connectivity index (χ0) is 64.6. The molecule has 2 saturated heterocycles. The molecule has 4 aromatic rings. The van der Waals surface area contributed by atoms with Crippen molar-refractivity contribution in [1.82, 2.24) is 26.6 Å². The second-order valence-electron chi connectivity index (χ2n) is 30.7. The summed E-state index contributed by atoms with van der Waals surface area (Å²) >= 11 is 0. The van der Waals surface area contributed by atoms with Gasteiger partial charge < -0.3 is 56.5 Å². The van der Waals surface area contributed by atoms with Gasteiger partial charge in [-0.15, -0.1) is 0 Å². The SMILES string of the molecule is CCCNCc1cc2cc(c1)[C@@H]1NC[C@](C)(O)CC#C[C@H](C3(O)CCCC3)C[C@H]3C[C@]([C@@H]4CCN[C@H](NC)C4)(C/C=C4\OC(=O)C5=C4CC[C@]46/C=C/[C@H](NCC2)c2cccc(c2)-c2ccc(O)cc2C2=C7C(=O)O/C(=C\[C@H](CCO)Cc8ccccc8)[C@]7(CC[C@@H]24)[C@@H]56)C[C@H]31. The molecule has 5 fully saturated rings. The van der Waals surface area contributed by atoms with Gasteiger partial charge in [0.1, 0.15) is 17.3 Å². The molecule has 2 spiro atoms. The Balaban J connectivity index is 0.965. The van der Waals surface area contributed by atoms with E-state index in [4.69, 9.17) is 9.47 Å². The van der Waals surface area contributed by atoms with Crippen LogP contribution in [0.2, 0.25) is 0 Å². The van der Waals surface area contributed by atoms with E-state index >= 15 is 9.59 Å². The number of phenolic OH excluding ortho intramolecular Hbond substituents is 1. The molecule has 9 N–H and O–H groups in total. The van der Waals surface area contributed by atoms with Crippen LogP contribution in [0.1, 0.15) is 168 Å². The number of cyclic esters (lactones) is 1. The summed E-state index contributed by atoms with van der Waals surface area (Å²) < 4.78 is 13.9. The number of phenols is 1. The number of aromatic hydroxyl groups is 1. The standard InChI is InChI=1S/C81H97N5O8/c1-4-33-83-48-53-38-51-23-34-84-66-21-31-79-30-19-62-67(22-29-78(58-24-35-85-69(44-58)82-3)46-57-43-59(80(92)27-8-9-28-80)16-11-26-77(2,91)49-86-73(64(57)47-78)56(39-51)40-53)93-75(89)71(62)74(79)81-32-20-65(79)70(63-45-60(88)17-18-61(63)54-14-10-15-55(66)42-54)72(81)76(90)94-68(81)41-52(25-36-87)37-50-12-6-5-7-13-50/h5-7,10,12-15,17-18,21-22,31,38-42,45,52,57-59,64-66,69,73-74,82-88,91-92H,4,8-9,19-20,23-30,32-37,43-44,46-49H2,1-3H3/b31-21+,67-22-,68-41-/t52-,57+,58-,59+,64-,65+,66+,69+,73+,74+,77-,78-,79+,81+/m1/s1. The number of aliphatic hydroxyl groups excluding tert-OH is 1. The number of esters is 2. The highest BCUT2D eigenvalue weighted by molar-refractivity contribution is 6.08. The fourth-order valence-corrected chi connectivity index (χ4v) is 20.7. The first-order chi connectivity index (χ1) is 45.6. The lowest BCUT2D eigenvalue weighted by atomic mass is 9.38. The van der Waals surface area contributed by atoms with Crippen molar-refractivity contribution in [3.05, 3.63) is 177 Å². The molecule has 3 saturated carbocycles. The highest BCUT2D eigenvalue weighted by Gasteiger charge is 2.73. The van der Waals surface area contributed by atoms with Crippen molar-refractivity contribution in [2.45, 2.75) is 172 Å². The van der Waals surface area contributed by atoms with Gasteiger partial charge in [-0.3, -0.25) is 0 Å². The van der Waals surface area contributed by atoms with Crippen molar-refractivity contribution in [3.63, 3.8) is 0 Å². The van der Waals surface area contributed by atoms with E-state index in [2.05, 4.69) is 131 Å². The molecule has 6 aliphatic heterocycles. The normalized spacial score (nSPS) is 35.5. The number of allylic oxidation sites excluding steroid dienone is 6. The molecule has 14 bridgehead atoms. The lowest BCUT2D eigenvalue weighted by molar-refractivity contribution is -0.135. The minimum atomic E-state index is -1.13. The Morgan fingerprint density at radius 1 is 0.830 bits per heavy atom. The van der Waals surface area contributed by atoms with Crippen LogP contribution in [0.5, 0.6) is 5.75 Å². The predicted octanol–water partition coefficient (Wildman–Crippen LogP) is 12.0. The van der Waals surface area contributed by atoms with Gasteiger partial charge in [-0.25, -0.2) is 9.59 Å². The number of benzene rings is 4. The first-order valence-corrected chi connectivity index (χ1v) is 35.9. The van der Waals surface area contributed by atoms with Crippen LogP contribution in [-0.2, 0) is 38.4 Å². The molecule has 14 atom stereocenters. The van der Waals surface area contributed by atoms with Gasteiger partial charge in [0.15, 0.2) is 0 Å². The largest absolute Gasteiger partial charge is 0.508 e. The maximum absolute atomic E-state index is 16.0. The van der Waals surface area contributed by atoms with Gasteiger partial charge in [-0.1, -0.05) is 117 Å². The molecule has 17 rings (SSSR count). The average molecular weight is 1270 g/mol. The Hall–Kier alpha value is -6.44. The molecule has 94 heavy (non-hydrogen) atoms. The molecule has 4 aromatic carbocycles. The Labute approximate surface area is 555 Å². The lowest BCUT2D eigenvalue weighted by Gasteiger charge is -2.62. The summed E-state index contributed by atoms with van der Waals surface area (Å²) in [6.45, 7) is 7.56. The van der Waals surface area contributed by atoms with E-state index in [0.29, 0.717) is 93.0 Å². The fraction of sp³-hybridized carbons (Fsp3) is 0.531. The van der Waals surface area contributed by atoms with Crippen LogP contribution in [0.25, 0.3) is 16.7 Å². The number of carbonyl (C=O) groups is 2. The number of fused-ring (bicyclic) bond motifs is 9. The zero-order valence-corrected chi connectivity index (χ0v) is 55.3. The van der Waals surface area contributed by atoms with Crippen molar-refractivity contribution >= 4 is 17.5 Å². The quantitative estimate of drug-likeness (QED) is 0.0282. The number of carbonyl (C=O) groups excluding carboxylic acids is 2. The van der Waals surface area contributed by atoms with Crippen LogP contribution in [0.4, 0.5) is 0 Å². The monoisotopic (exact) mass is 1270 g/mol. The van der Waals surface area contributed by atoms with E-state index in [-0.39, 0.29) is 71.6 Å². The van der Waals surface area contributed by atoms with Crippen LogP contribution in [0, 0.1) is 69.5 Å².